The van der Waals surface area contributed by atoms with Crippen LogP contribution in [0.4, 0.5) is 20.0 Å². The molecule has 4 saturated carbocycles. The van der Waals surface area contributed by atoms with Crippen molar-refractivity contribution in [2.45, 2.75) is 43.9 Å². The molecule has 2 amide bonds. The standard InChI is InChI=1S/C19H21FN4OS/c20-14-1-3-15(4-2-14)21-17(25)22-18-24-23-16(26-18)19-8-11-5-12(9-19)7-13(6-11)10-19/h1-4,11-13H,5-10H2,(H2,21,22,24,25). The van der Waals surface area contributed by atoms with Gasteiger partial charge in [0.05, 0.1) is 0 Å². The minimum Gasteiger partial charge on any atom is -0.308 e. The number of halogens is 1. The average molecular weight is 372 g/mol. The maximum Gasteiger partial charge on any atom is 0.325 e. The minimum atomic E-state index is -0.384. The molecule has 6 rings (SSSR count). The van der Waals surface area contributed by atoms with Crippen LogP contribution in [-0.4, -0.2) is 16.2 Å². The van der Waals surface area contributed by atoms with Crippen molar-refractivity contribution in [2.24, 2.45) is 17.8 Å². The van der Waals surface area contributed by atoms with Crippen LogP contribution in [0.1, 0.15) is 43.5 Å². The molecule has 4 aliphatic rings. The number of amides is 2. The number of hydrogen-bond donors (Lipinski definition) is 2. The van der Waals surface area contributed by atoms with Gasteiger partial charge in [-0.15, -0.1) is 10.2 Å². The van der Waals surface area contributed by atoms with Crippen LogP contribution >= 0.6 is 11.3 Å². The summed E-state index contributed by atoms with van der Waals surface area (Å²) >= 11 is 1.51. The number of urea groups is 1. The molecule has 4 bridgehead atoms. The lowest BCUT2D eigenvalue weighted by atomic mass is 9.50. The highest BCUT2D eigenvalue weighted by Gasteiger charge is 2.53. The van der Waals surface area contributed by atoms with Gasteiger partial charge in [0.25, 0.3) is 0 Å². The van der Waals surface area contributed by atoms with Gasteiger partial charge in [-0.3, -0.25) is 5.32 Å². The van der Waals surface area contributed by atoms with Gasteiger partial charge in [-0.05, 0) is 80.5 Å². The van der Waals surface area contributed by atoms with Crippen LogP contribution in [0, 0.1) is 23.6 Å². The Balaban J connectivity index is 1.28. The number of aromatic nitrogens is 2. The highest BCUT2D eigenvalue weighted by Crippen LogP contribution is 2.61. The Morgan fingerprint density at radius 3 is 2.23 bits per heavy atom. The third-order valence-corrected chi connectivity index (χ3v) is 7.32. The zero-order valence-electron chi connectivity index (χ0n) is 14.4. The van der Waals surface area contributed by atoms with Gasteiger partial charge < -0.3 is 5.32 Å². The van der Waals surface area contributed by atoms with E-state index in [0.29, 0.717) is 10.8 Å². The largest absolute Gasteiger partial charge is 0.325 e. The molecule has 5 nitrogen and oxygen atoms in total. The Labute approximate surface area is 155 Å². The summed E-state index contributed by atoms with van der Waals surface area (Å²) in [7, 11) is 0. The first-order valence-electron chi connectivity index (χ1n) is 9.25. The van der Waals surface area contributed by atoms with E-state index in [9.17, 15) is 9.18 Å². The van der Waals surface area contributed by atoms with Crippen LogP contribution in [0.15, 0.2) is 24.3 Å². The van der Waals surface area contributed by atoms with Crippen LogP contribution < -0.4 is 10.6 Å². The van der Waals surface area contributed by atoms with Gasteiger partial charge in [0.1, 0.15) is 10.8 Å². The maximum absolute atomic E-state index is 12.9. The smallest absolute Gasteiger partial charge is 0.308 e. The minimum absolute atomic E-state index is 0.194. The van der Waals surface area contributed by atoms with Gasteiger partial charge in [-0.25, -0.2) is 9.18 Å². The molecule has 4 aliphatic carbocycles. The number of benzene rings is 1. The molecule has 0 saturated heterocycles. The molecular formula is C19H21FN4OS. The molecule has 0 atom stereocenters. The Hall–Kier alpha value is -2.02. The molecule has 1 heterocycles. The SMILES string of the molecule is O=C(Nc1ccc(F)cc1)Nc1nnc(C23CC4CC(CC(C4)C2)C3)s1. The number of nitrogens with zero attached hydrogens (tertiary/aromatic N) is 2. The van der Waals surface area contributed by atoms with Gasteiger partial charge in [-0.2, -0.15) is 0 Å². The summed E-state index contributed by atoms with van der Waals surface area (Å²) in [5.41, 5.74) is 0.731. The van der Waals surface area contributed by atoms with E-state index in [2.05, 4.69) is 20.8 Å². The molecule has 1 aromatic heterocycles. The van der Waals surface area contributed by atoms with Crippen LogP contribution in [0.2, 0.25) is 0 Å². The summed E-state index contributed by atoms with van der Waals surface area (Å²) in [6.07, 6.45) is 7.87. The van der Waals surface area contributed by atoms with Gasteiger partial charge in [0.15, 0.2) is 0 Å². The summed E-state index contributed by atoms with van der Waals surface area (Å²) in [5, 5.41) is 15.7. The lowest BCUT2D eigenvalue weighted by Gasteiger charge is -2.55. The molecule has 0 radical (unpaired) electrons. The van der Waals surface area contributed by atoms with E-state index in [1.165, 1.54) is 74.1 Å². The molecule has 4 fully saturated rings. The first-order valence-corrected chi connectivity index (χ1v) is 10.1. The molecule has 2 N–H and O–H groups in total. The van der Waals surface area contributed by atoms with E-state index in [1.54, 1.807) is 0 Å². The lowest BCUT2D eigenvalue weighted by Crippen LogP contribution is -2.48. The molecule has 0 unspecified atom stereocenters. The fourth-order valence-corrected chi connectivity index (χ4v) is 6.61. The normalized spacial score (nSPS) is 31.8. The van der Waals surface area contributed by atoms with Gasteiger partial charge in [-0.1, -0.05) is 11.3 Å². The fourth-order valence-electron chi connectivity index (χ4n) is 5.65. The van der Waals surface area contributed by atoms with E-state index in [0.717, 1.165) is 22.8 Å². The fraction of sp³-hybridized carbons (Fsp3) is 0.526. The number of nitrogens with one attached hydrogen (secondary N) is 2. The Bertz CT molecular complexity index is 799. The van der Waals surface area contributed by atoms with Gasteiger partial charge in [0, 0.05) is 11.1 Å². The van der Waals surface area contributed by atoms with E-state index in [1.807, 2.05) is 0 Å². The number of anilines is 2. The second-order valence-electron chi connectivity index (χ2n) is 8.20. The van der Waals surface area contributed by atoms with Crippen molar-refractivity contribution in [1.29, 1.82) is 0 Å². The number of carbonyl (C=O) groups excluding carboxylic acids is 1. The molecule has 0 aliphatic heterocycles. The third kappa shape index (κ3) is 2.88. The van der Waals surface area contributed by atoms with Crippen molar-refractivity contribution in [3.8, 4) is 0 Å². The van der Waals surface area contributed by atoms with Gasteiger partial charge >= 0.3 is 6.03 Å². The van der Waals surface area contributed by atoms with E-state index in [4.69, 9.17) is 0 Å². The van der Waals surface area contributed by atoms with Crippen LogP contribution in [-0.2, 0) is 5.41 Å². The molecule has 26 heavy (non-hydrogen) atoms. The van der Waals surface area contributed by atoms with Crippen molar-refractivity contribution >= 4 is 28.2 Å². The average Bonchev–Trinajstić information content (AvgIpc) is 3.05. The van der Waals surface area contributed by atoms with E-state index in [-0.39, 0.29) is 17.3 Å². The first-order chi connectivity index (χ1) is 12.6. The maximum atomic E-state index is 12.9. The van der Waals surface area contributed by atoms with Crippen molar-refractivity contribution in [3.63, 3.8) is 0 Å². The second-order valence-corrected chi connectivity index (χ2v) is 9.17. The van der Waals surface area contributed by atoms with E-state index >= 15 is 0 Å². The first kappa shape index (κ1) is 16.2. The predicted molar refractivity (Wildman–Crippen MR) is 98.8 cm³/mol. The summed E-state index contributed by atoms with van der Waals surface area (Å²) in [4.78, 5) is 12.1. The highest BCUT2D eigenvalue weighted by atomic mass is 32.1. The summed E-state index contributed by atoms with van der Waals surface area (Å²) in [6.45, 7) is 0. The van der Waals surface area contributed by atoms with Gasteiger partial charge in [0.2, 0.25) is 5.13 Å². The molecular weight excluding hydrogens is 351 g/mol. The lowest BCUT2D eigenvalue weighted by molar-refractivity contribution is -0.00555. The van der Waals surface area contributed by atoms with Crippen molar-refractivity contribution in [3.05, 3.63) is 35.1 Å². The van der Waals surface area contributed by atoms with Crippen molar-refractivity contribution in [1.82, 2.24) is 10.2 Å². The van der Waals surface area contributed by atoms with Crippen LogP contribution in [0.25, 0.3) is 0 Å². The summed E-state index contributed by atoms with van der Waals surface area (Å²) in [5.74, 6) is 2.22. The molecule has 0 spiro atoms. The zero-order chi connectivity index (χ0) is 17.7. The second kappa shape index (κ2) is 6.01. The monoisotopic (exact) mass is 372 g/mol. The topological polar surface area (TPSA) is 66.9 Å². The quantitative estimate of drug-likeness (QED) is 0.814. The summed E-state index contributed by atoms with van der Waals surface area (Å²) in [6, 6.07) is 5.29. The molecule has 7 heteroatoms. The number of carbonyl (C=O) groups is 1. The van der Waals surface area contributed by atoms with E-state index < -0.39 is 0 Å². The van der Waals surface area contributed by atoms with Crippen LogP contribution in [0.5, 0.6) is 0 Å². The number of rotatable bonds is 3. The Morgan fingerprint density at radius 2 is 1.62 bits per heavy atom. The third-order valence-electron chi connectivity index (χ3n) is 6.24. The summed E-state index contributed by atoms with van der Waals surface area (Å²) < 4.78 is 12.9. The van der Waals surface area contributed by atoms with Crippen molar-refractivity contribution in [2.75, 3.05) is 10.6 Å². The Kier molecular flexibility index (Phi) is 3.74. The Morgan fingerprint density at radius 1 is 1.00 bits per heavy atom. The highest BCUT2D eigenvalue weighted by molar-refractivity contribution is 7.15. The molecule has 2 aromatic rings. The molecule has 1 aromatic carbocycles. The predicted octanol–water partition coefficient (Wildman–Crippen LogP) is 4.79. The molecule has 136 valence electrons. The zero-order valence-corrected chi connectivity index (χ0v) is 15.2. The van der Waals surface area contributed by atoms with Crippen LogP contribution in [0.3, 0.4) is 0 Å². The number of hydrogen-bond acceptors (Lipinski definition) is 4. The van der Waals surface area contributed by atoms with Crippen molar-refractivity contribution < 1.29 is 9.18 Å².